The standard InChI is InChI=1S/C13H12FN5O/c1-7(8-4-2-3-5-9(8)14)20-10-6-11(15)16-13-12(10)17-19-18-13/h2-7H,1H3,(H3,15,16,17,18,19). The number of anilines is 1. The van der Waals surface area contributed by atoms with Crippen molar-refractivity contribution in [1.29, 1.82) is 0 Å². The molecule has 102 valence electrons. The predicted molar refractivity (Wildman–Crippen MR) is 71.5 cm³/mol. The third-order valence-corrected chi connectivity index (χ3v) is 2.93. The van der Waals surface area contributed by atoms with Crippen molar-refractivity contribution >= 4 is 17.0 Å². The highest BCUT2D eigenvalue weighted by Gasteiger charge is 2.16. The van der Waals surface area contributed by atoms with Crippen molar-refractivity contribution in [3.63, 3.8) is 0 Å². The Balaban J connectivity index is 1.97. The molecule has 2 aromatic heterocycles. The molecule has 0 aliphatic carbocycles. The summed E-state index contributed by atoms with van der Waals surface area (Å²) in [6, 6.07) is 7.99. The molecule has 0 saturated heterocycles. The molecule has 7 heteroatoms. The van der Waals surface area contributed by atoms with Crippen LogP contribution in [0.2, 0.25) is 0 Å². The number of hydrogen-bond donors (Lipinski definition) is 2. The summed E-state index contributed by atoms with van der Waals surface area (Å²) >= 11 is 0. The number of nitrogen functional groups attached to an aromatic ring is 1. The molecule has 0 fully saturated rings. The zero-order chi connectivity index (χ0) is 14.1. The fourth-order valence-corrected chi connectivity index (χ4v) is 1.98. The minimum atomic E-state index is -0.488. The van der Waals surface area contributed by atoms with E-state index < -0.39 is 6.10 Å². The van der Waals surface area contributed by atoms with Crippen LogP contribution in [0.4, 0.5) is 10.2 Å². The van der Waals surface area contributed by atoms with E-state index in [0.717, 1.165) is 0 Å². The van der Waals surface area contributed by atoms with E-state index in [1.807, 2.05) is 0 Å². The van der Waals surface area contributed by atoms with Crippen LogP contribution in [0.25, 0.3) is 11.2 Å². The number of benzene rings is 1. The molecule has 1 aromatic carbocycles. The summed E-state index contributed by atoms with van der Waals surface area (Å²) in [5.41, 5.74) is 7.04. The zero-order valence-corrected chi connectivity index (χ0v) is 10.7. The Kier molecular flexibility index (Phi) is 2.94. The molecule has 1 atom stereocenters. The lowest BCUT2D eigenvalue weighted by molar-refractivity contribution is 0.224. The molecule has 3 N–H and O–H groups in total. The van der Waals surface area contributed by atoms with Crippen molar-refractivity contribution < 1.29 is 9.13 Å². The van der Waals surface area contributed by atoms with Gasteiger partial charge in [0.2, 0.25) is 0 Å². The zero-order valence-electron chi connectivity index (χ0n) is 10.7. The smallest absolute Gasteiger partial charge is 0.181 e. The van der Waals surface area contributed by atoms with Crippen LogP contribution < -0.4 is 10.5 Å². The number of aromatic nitrogens is 4. The summed E-state index contributed by atoms with van der Waals surface area (Å²) in [4.78, 5) is 4.04. The Hall–Kier alpha value is -2.70. The van der Waals surface area contributed by atoms with Crippen molar-refractivity contribution in [2.75, 3.05) is 5.73 Å². The van der Waals surface area contributed by atoms with Gasteiger partial charge < -0.3 is 10.5 Å². The minimum Gasteiger partial charge on any atom is -0.483 e. The molecule has 0 aliphatic heterocycles. The van der Waals surface area contributed by atoms with Gasteiger partial charge in [0.15, 0.2) is 16.9 Å². The summed E-state index contributed by atoms with van der Waals surface area (Å²) in [5, 5.41) is 10.2. The Morgan fingerprint density at radius 2 is 2.15 bits per heavy atom. The van der Waals surface area contributed by atoms with Gasteiger partial charge in [-0.25, -0.2) is 14.5 Å². The van der Waals surface area contributed by atoms with Crippen LogP contribution >= 0.6 is 0 Å². The lowest BCUT2D eigenvalue weighted by atomic mass is 10.1. The number of hydrogen-bond acceptors (Lipinski definition) is 5. The van der Waals surface area contributed by atoms with E-state index in [1.165, 1.54) is 6.07 Å². The lowest BCUT2D eigenvalue weighted by Gasteiger charge is -2.15. The van der Waals surface area contributed by atoms with Crippen LogP contribution in [-0.4, -0.2) is 20.4 Å². The summed E-state index contributed by atoms with van der Waals surface area (Å²) in [5.74, 6) is 0.370. The monoisotopic (exact) mass is 273 g/mol. The van der Waals surface area contributed by atoms with E-state index in [0.29, 0.717) is 22.5 Å². The van der Waals surface area contributed by atoms with Crippen LogP contribution in [0.15, 0.2) is 30.3 Å². The van der Waals surface area contributed by atoms with E-state index in [1.54, 1.807) is 31.2 Å². The number of pyridine rings is 1. The highest BCUT2D eigenvalue weighted by molar-refractivity contribution is 5.78. The fraction of sp³-hybridized carbons (Fsp3) is 0.154. The highest BCUT2D eigenvalue weighted by atomic mass is 19.1. The van der Waals surface area contributed by atoms with Gasteiger partial charge in [0.05, 0.1) is 0 Å². The number of nitrogens with two attached hydrogens (primary N) is 1. The van der Waals surface area contributed by atoms with Gasteiger partial charge in [-0.3, -0.25) is 0 Å². The van der Waals surface area contributed by atoms with Gasteiger partial charge in [-0.1, -0.05) is 23.4 Å². The van der Waals surface area contributed by atoms with Crippen LogP contribution in [0.1, 0.15) is 18.6 Å². The number of fused-ring (bicyclic) bond motifs is 1. The normalized spacial score (nSPS) is 12.5. The van der Waals surface area contributed by atoms with Gasteiger partial charge in [-0.05, 0) is 13.0 Å². The number of aromatic amines is 1. The molecule has 0 radical (unpaired) electrons. The second kappa shape index (κ2) is 4.76. The first-order valence-electron chi connectivity index (χ1n) is 6.03. The molecule has 0 aliphatic rings. The number of ether oxygens (including phenoxy) is 1. The van der Waals surface area contributed by atoms with Crippen LogP contribution in [-0.2, 0) is 0 Å². The third-order valence-electron chi connectivity index (χ3n) is 2.93. The fourth-order valence-electron chi connectivity index (χ4n) is 1.98. The van der Waals surface area contributed by atoms with Crippen LogP contribution in [0.5, 0.6) is 5.75 Å². The van der Waals surface area contributed by atoms with Gasteiger partial charge in [0.25, 0.3) is 0 Å². The topological polar surface area (TPSA) is 89.7 Å². The van der Waals surface area contributed by atoms with Crippen molar-refractivity contribution in [2.24, 2.45) is 0 Å². The lowest BCUT2D eigenvalue weighted by Crippen LogP contribution is -2.06. The van der Waals surface area contributed by atoms with Crippen molar-refractivity contribution in [3.05, 3.63) is 41.7 Å². The number of rotatable bonds is 3. The average molecular weight is 273 g/mol. The summed E-state index contributed by atoms with van der Waals surface area (Å²) in [7, 11) is 0. The summed E-state index contributed by atoms with van der Waals surface area (Å²) in [6.07, 6.45) is -0.488. The van der Waals surface area contributed by atoms with Crippen LogP contribution in [0, 0.1) is 5.82 Å². The molecule has 2 heterocycles. The molecule has 3 aromatic rings. The number of halogens is 1. The summed E-state index contributed by atoms with van der Waals surface area (Å²) < 4.78 is 19.5. The van der Waals surface area contributed by atoms with Crippen molar-refractivity contribution in [3.8, 4) is 5.75 Å². The van der Waals surface area contributed by atoms with E-state index >= 15 is 0 Å². The van der Waals surface area contributed by atoms with E-state index in [9.17, 15) is 4.39 Å². The first-order valence-corrected chi connectivity index (χ1v) is 6.03. The molecule has 1 unspecified atom stereocenters. The molecule has 0 saturated carbocycles. The van der Waals surface area contributed by atoms with E-state index in [-0.39, 0.29) is 11.6 Å². The van der Waals surface area contributed by atoms with E-state index in [2.05, 4.69) is 20.4 Å². The molecule has 0 bridgehead atoms. The SMILES string of the molecule is CC(Oc1cc(N)nc2[nH]nnc12)c1ccccc1F. The third kappa shape index (κ3) is 2.13. The number of nitrogens with one attached hydrogen (secondary N) is 1. The Bertz CT molecular complexity index is 757. The largest absolute Gasteiger partial charge is 0.483 e. The number of nitrogens with zero attached hydrogens (tertiary/aromatic N) is 3. The molecular formula is C13H12FN5O. The Morgan fingerprint density at radius 3 is 2.95 bits per heavy atom. The highest BCUT2D eigenvalue weighted by Crippen LogP contribution is 2.29. The maximum Gasteiger partial charge on any atom is 0.181 e. The molecule has 20 heavy (non-hydrogen) atoms. The maximum atomic E-state index is 13.7. The first kappa shape index (κ1) is 12.3. The second-order valence-electron chi connectivity index (χ2n) is 4.34. The summed E-state index contributed by atoms with van der Waals surface area (Å²) in [6.45, 7) is 1.75. The average Bonchev–Trinajstić information content (AvgIpc) is 2.87. The molecule has 6 nitrogen and oxygen atoms in total. The Labute approximate surface area is 113 Å². The van der Waals surface area contributed by atoms with Gasteiger partial charge in [-0.2, -0.15) is 0 Å². The molecule has 0 amide bonds. The quantitative estimate of drug-likeness (QED) is 0.763. The molecule has 3 rings (SSSR count). The molecule has 0 spiro atoms. The minimum absolute atomic E-state index is 0.277. The van der Waals surface area contributed by atoms with Gasteiger partial charge in [-0.15, -0.1) is 5.10 Å². The van der Waals surface area contributed by atoms with Crippen molar-refractivity contribution in [1.82, 2.24) is 20.4 Å². The Morgan fingerprint density at radius 1 is 1.35 bits per heavy atom. The second-order valence-corrected chi connectivity index (χ2v) is 4.34. The first-order chi connectivity index (χ1) is 9.65. The van der Waals surface area contributed by atoms with Crippen molar-refractivity contribution in [2.45, 2.75) is 13.0 Å². The molecular weight excluding hydrogens is 261 g/mol. The van der Waals surface area contributed by atoms with Gasteiger partial charge in [0.1, 0.15) is 17.7 Å². The van der Waals surface area contributed by atoms with Gasteiger partial charge in [0, 0.05) is 11.6 Å². The predicted octanol–water partition coefficient (Wildman–Crippen LogP) is 2.21. The maximum absolute atomic E-state index is 13.7. The van der Waals surface area contributed by atoms with Crippen LogP contribution in [0.3, 0.4) is 0 Å². The van der Waals surface area contributed by atoms with Gasteiger partial charge >= 0.3 is 0 Å². The number of H-pyrrole nitrogens is 1. The van der Waals surface area contributed by atoms with E-state index in [4.69, 9.17) is 10.5 Å².